The largest absolute Gasteiger partial charge is 0.349 e. The van der Waals surface area contributed by atoms with Crippen molar-refractivity contribution < 1.29 is 9.72 Å². The van der Waals surface area contributed by atoms with Gasteiger partial charge in [-0.15, -0.1) is 12.4 Å². The highest BCUT2D eigenvalue weighted by Crippen LogP contribution is 2.23. The molecule has 0 saturated carbocycles. The van der Waals surface area contributed by atoms with Gasteiger partial charge in [0.15, 0.2) is 0 Å². The third-order valence-electron chi connectivity index (χ3n) is 3.77. The number of nitrogens with zero attached hydrogens (tertiary/aromatic N) is 1. The van der Waals surface area contributed by atoms with Gasteiger partial charge in [-0.3, -0.25) is 14.9 Å². The first-order valence-corrected chi connectivity index (χ1v) is 6.76. The van der Waals surface area contributed by atoms with Crippen LogP contribution >= 0.6 is 12.4 Å². The molecule has 2 unspecified atom stereocenters. The predicted octanol–water partition coefficient (Wildman–Crippen LogP) is 2.05. The Labute approximate surface area is 129 Å². The molecule has 1 aliphatic rings. The number of amides is 1. The van der Waals surface area contributed by atoms with E-state index in [4.69, 9.17) is 0 Å². The Morgan fingerprint density at radius 2 is 2.19 bits per heavy atom. The number of benzene rings is 1. The number of para-hydroxylation sites is 1. The van der Waals surface area contributed by atoms with Gasteiger partial charge in [-0.25, -0.2) is 0 Å². The second-order valence-electron chi connectivity index (χ2n) is 5.28. The molecule has 21 heavy (non-hydrogen) atoms. The van der Waals surface area contributed by atoms with Crippen molar-refractivity contribution in [3.05, 3.63) is 39.4 Å². The van der Waals surface area contributed by atoms with Crippen molar-refractivity contribution in [3.63, 3.8) is 0 Å². The van der Waals surface area contributed by atoms with E-state index in [2.05, 4.69) is 17.6 Å². The number of nitro groups is 1. The molecule has 1 heterocycles. The molecule has 0 bridgehead atoms. The van der Waals surface area contributed by atoms with Gasteiger partial charge in [0.1, 0.15) is 5.56 Å². The lowest BCUT2D eigenvalue weighted by atomic mass is 9.95. The third kappa shape index (κ3) is 3.92. The standard InChI is InChI=1S/C14H19N3O3.ClH/c1-9-4-3-5-11(13(9)17(19)20)14(18)16-12-6-7-15-8-10(12)2;/h3-5,10,12,15H,6-8H2,1-2H3,(H,16,18);1H. The molecular formula is C14H20ClN3O3. The van der Waals surface area contributed by atoms with Gasteiger partial charge in [0.2, 0.25) is 0 Å². The highest BCUT2D eigenvalue weighted by molar-refractivity contribution is 5.98. The van der Waals surface area contributed by atoms with Crippen LogP contribution in [0.25, 0.3) is 0 Å². The summed E-state index contributed by atoms with van der Waals surface area (Å²) in [4.78, 5) is 22.9. The van der Waals surface area contributed by atoms with Gasteiger partial charge in [-0.1, -0.05) is 19.1 Å². The lowest BCUT2D eigenvalue weighted by Gasteiger charge is -2.30. The zero-order valence-electron chi connectivity index (χ0n) is 12.1. The minimum Gasteiger partial charge on any atom is -0.349 e. The van der Waals surface area contributed by atoms with Crippen LogP contribution in [0.2, 0.25) is 0 Å². The number of nitrogens with one attached hydrogen (secondary N) is 2. The Hall–Kier alpha value is -1.66. The molecule has 0 aromatic heterocycles. The summed E-state index contributed by atoms with van der Waals surface area (Å²) in [7, 11) is 0. The summed E-state index contributed by atoms with van der Waals surface area (Å²) in [6, 6.07) is 4.88. The van der Waals surface area contributed by atoms with Gasteiger partial charge in [0.05, 0.1) is 4.92 Å². The molecule has 0 aliphatic carbocycles. The van der Waals surface area contributed by atoms with Crippen LogP contribution in [0.3, 0.4) is 0 Å². The number of carbonyl (C=O) groups excluding carboxylic acids is 1. The van der Waals surface area contributed by atoms with Crippen LogP contribution in [0.4, 0.5) is 5.69 Å². The van der Waals surface area contributed by atoms with E-state index >= 15 is 0 Å². The number of halogens is 1. The molecule has 1 fully saturated rings. The molecule has 1 saturated heterocycles. The first-order chi connectivity index (χ1) is 9.50. The highest BCUT2D eigenvalue weighted by atomic mass is 35.5. The second-order valence-corrected chi connectivity index (χ2v) is 5.28. The molecule has 2 rings (SSSR count). The fourth-order valence-electron chi connectivity index (χ4n) is 2.56. The van der Waals surface area contributed by atoms with E-state index in [1.54, 1.807) is 19.1 Å². The smallest absolute Gasteiger partial charge is 0.285 e. The van der Waals surface area contributed by atoms with Crippen LogP contribution < -0.4 is 10.6 Å². The maximum Gasteiger partial charge on any atom is 0.285 e. The van der Waals surface area contributed by atoms with Crippen LogP contribution in [-0.4, -0.2) is 30.0 Å². The van der Waals surface area contributed by atoms with Crippen LogP contribution in [0.1, 0.15) is 29.3 Å². The molecular weight excluding hydrogens is 294 g/mol. The molecule has 7 heteroatoms. The minimum atomic E-state index is -0.490. The zero-order valence-corrected chi connectivity index (χ0v) is 12.9. The Balaban J connectivity index is 0.00000220. The van der Waals surface area contributed by atoms with E-state index in [0.717, 1.165) is 19.5 Å². The first-order valence-electron chi connectivity index (χ1n) is 6.76. The van der Waals surface area contributed by atoms with Crippen LogP contribution in [0.15, 0.2) is 18.2 Å². The summed E-state index contributed by atoms with van der Waals surface area (Å²) in [5, 5.41) is 17.3. The number of rotatable bonds is 3. The fourth-order valence-corrected chi connectivity index (χ4v) is 2.56. The topological polar surface area (TPSA) is 84.3 Å². The fraction of sp³-hybridized carbons (Fsp3) is 0.500. The maximum atomic E-state index is 12.3. The molecule has 0 spiro atoms. The average molecular weight is 314 g/mol. The van der Waals surface area contributed by atoms with Gasteiger partial charge < -0.3 is 10.6 Å². The highest BCUT2D eigenvalue weighted by Gasteiger charge is 2.27. The van der Waals surface area contributed by atoms with Crippen molar-refractivity contribution in [1.29, 1.82) is 0 Å². The molecule has 0 radical (unpaired) electrons. The number of hydrogen-bond acceptors (Lipinski definition) is 4. The Morgan fingerprint density at radius 3 is 2.81 bits per heavy atom. The van der Waals surface area contributed by atoms with E-state index in [0.29, 0.717) is 11.5 Å². The second kappa shape index (κ2) is 7.38. The van der Waals surface area contributed by atoms with E-state index < -0.39 is 4.92 Å². The third-order valence-corrected chi connectivity index (χ3v) is 3.77. The lowest BCUT2D eigenvalue weighted by molar-refractivity contribution is -0.385. The van der Waals surface area contributed by atoms with Gasteiger partial charge in [0, 0.05) is 11.6 Å². The molecule has 1 aliphatic heterocycles. The van der Waals surface area contributed by atoms with Crippen molar-refractivity contribution in [2.45, 2.75) is 26.3 Å². The number of carbonyl (C=O) groups is 1. The van der Waals surface area contributed by atoms with E-state index in [1.807, 2.05) is 0 Å². The Kier molecular flexibility index (Phi) is 6.11. The minimum absolute atomic E-state index is 0. The van der Waals surface area contributed by atoms with Gasteiger partial charge in [0.25, 0.3) is 11.6 Å². The summed E-state index contributed by atoms with van der Waals surface area (Å²) in [6.07, 6.45) is 0.840. The van der Waals surface area contributed by atoms with Gasteiger partial charge in [-0.2, -0.15) is 0 Å². The van der Waals surface area contributed by atoms with Crippen molar-refractivity contribution in [2.75, 3.05) is 13.1 Å². The van der Waals surface area contributed by atoms with E-state index in [1.165, 1.54) is 6.07 Å². The summed E-state index contributed by atoms with van der Waals surface area (Å²) in [6.45, 7) is 5.40. The molecule has 2 N–H and O–H groups in total. The number of nitro benzene ring substituents is 1. The quantitative estimate of drug-likeness (QED) is 0.661. The molecule has 1 amide bonds. The Morgan fingerprint density at radius 1 is 1.48 bits per heavy atom. The lowest BCUT2D eigenvalue weighted by Crippen LogP contribution is -2.48. The summed E-state index contributed by atoms with van der Waals surface area (Å²) < 4.78 is 0. The van der Waals surface area contributed by atoms with Crippen molar-refractivity contribution in [2.24, 2.45) is 5.92 Å². The molecule has 1 aromatic carbocycles. The van der Waals surface area contributed by atoms with Crippen LogP contribution in [0.5, 0.6) is 0 Å². The monoisotopic (exact) mass is 313 g/mol. The SMILES string of the molecule is Cc1cccc(C(=O)NC2CCNCC2C)c1[N+](=O)[O-].Cl. The molecule has 6 nitrogen and oxygen atoms in total. The van der Waals surface area contributed by atoms with Crippen molar-refractivity contribution >= 4 is 24.0 Å². The summed E-state index contributed by atoms with van der Waals surface area (Å²) in [5.74, 6) is -0.0456. The molecule has 116 valence electrons. The van der Waals surface area contributed by atoms with Crippen molar-refractivity contribution in [3.8, 4) is 0 Å². The number of hydrogen-bond donors (Lipinski definition) is 2. The van der Waals surface area contributed by atoms with Gasteiger partial charge >= 0.3 is 0 Å². The number of piperidine rings is 1. The molecule has 1 aromatic rings. The van der Waals surface area contributed by atoms with Crippen LogP contribution in [0, 0.1) is 23.0 Å². The van der Waals surface area contributed by atoms with Gasteiger partial charge in [-0.05, 0) is 38.4 Å². The van der Waals surface area contributed by atoms with E-state index in [9.17, 15) is 14.9 Å². The molecule has 2 atom stereocenters. The number of aryl methyl sites for hydroxylation is 1. The first kappa shape index (κ1) is 17.4. The average Bonchev–Trinajstić information content (AvgIpc) is 2.40. The zero-order chi connectivity index (χ0) is 14.7. The summed E-state index contributed by atoms with van der Waals surface area (Å²) >= 11 is 0. The predicted molar refractivity (Wildman–Crippen MR) is 83.0 cm³/mol. The van der Waals surface area contributed by atoms with E-state index in [-0.39, 0.29) is 35.6 Å². The van der Waals surface area contributed by atoms with Crippen molar-refractivity contribution in [1.82, 2.24) is 10.6 Å². The summed E-state index contributed by atoms with van der Waals surface area (Å²) in [5.41, 5.74) is 0.535. The maximum absolute atomic E-state index is 12.3. The van der Waals surface area contributed by atoms with Crippen LogP contribution in [-0.2, 0) is 0 Å². The normalized spacial score (nSPS) is 21.2. The Bertz CT molecular complexity index is 536.